The van der Waals surface area contributed by atoms with Crippen molar-refractivity contribution in [1.82, 2.24) is 10.6 Å². The van der Waals surface area contributed by atoms with Crippen molar-refractivity contribution in [3.8, 4) is 0 Å². The van der Waals surface area contributed by atoms with E-state index in [2.05, 4.69) is 10.6 Å². The van der Waals surface area contributed by atoms with Gasteiger partial charge in [-0.05, 0) is 62.3 Å². The van der Waals surface area contributed by atoms with Gasteiger partial charge in [0, 0.05) is 12.6 Å². The summed E-state index contributed by atoms with van der Waals surface area (Å²) < 4.78 is 0. The van der Waals surface area contributed by atoms with Crippen molar-refractivity contribution in [2.45, 2.75) is 57.4 Å². The molecule has 3 aliphatic carbocycles. The van der Waals surface area contributed by atoms with Crippen LogP contribution in [0.5, 0.6) is 0 Å². The maximum Gasteiger partial charge on any atom is 0.315 e. The molecule has 0 aromatic rings. The molecule has 3 aliphatic rings. The molecule has 0 aromatic carbocycles. The average Bonchev–Trinajstić information content (AvgIpc) is 3.14. The lowest BCUT2D eigenvalue weighted by Gasteiger charge is -2.28. The number of urea groups is 1. The van der Waals surface area contributed by atoms with Gasteiger partial charge in [-0.2, -0.15) is 0 Å². The summed E-state index contributed by atoms with van der Waals surface area (Å²) in [6, 6.07) is 0.403. The Balaban J connectivity index is 1.28. The van der Waals surface area contributed by atoms with E-state index in [9.17, 15) is 4.79 Å². The monoisotopic (exact) mass is 279 g/mol. The van der Waals surface area contributed by atoms with Gasteiger partial charge < -0.3 is 16.4 Å². The minimum atomic E-state index is 0.0421. The van der Waals surface area contributed by atoms with Crippen LogP contribution in [-0.2, 0) is 0 Å². The van der Waals surface area contributed by atoms with E-state index in [4.69, 9.17) is 5.73 Å². The first-order valence-electron chi connectivity index (χ1n) is 8.50. The van der Waals surface area contributed by atoms with Gasteiger partial charge in [0.05, 0.1) is 0 Å². The number of hydrogen-bond donors (Lipinski definition) is 3. The first-order chi connectivity index (χ1) is 9.76. The minimum absolute atomic E-state index is 0.0421. The highest BCUT2D eigenvalue weighted by molar-refractivity contribution is 5.74. The third-order valence-electron chi connectivity index (χ3n) is 5.77. The van der Waals surface area contributed by atoms with Crippen molar-refractivity contribution in [3.05, 3.63) is 0 Å². The van der Waals surface area contributed by atoms with Crippen molar-refractivity contribution in [3.63, 3.8) is 0 Å². The highest BCUT2D eigenvalue weighted by atomic mass is 16.2. The fraction of sp³-hybridized carbons (Fsp3) is 0.938. The Morgan fingerprint density at radius 2 is 1.85 bits per heavy atom. The molecule has 0 radical (unpaired) electrons. The Morgan fingerprint density at radius 3 is 2.45 bits per heavy atom. The van der Waals surface area contributed by atoms with E-state index >= 15 is 0 Å². The summed E-state index contributed by atoms with van der Waals surface area (Å²) >= 11 is 0. The van der Waals surface area contributed by atoms with Crippen LogP contribution in [-0.4, -0.2) is 25.2 Å². The van der Waals surface area contributed by atoms with Crippen LogP contribution in [0.15, 0.2) is 0 Å². The third kappa shape index (κ3) is 3.46. The van der Waals surface area contributed by atoms with Crippen LogP contribution in [0.1, 0.15) is 51.4 Å². The molecule has 2 amide bonds. The van der Waals surface area contributed by atoms with Crippen molar-refractivity contribution in [2.24, 2.45) is 29.4 Å². The first kappa shape index (κ1) is 14.2. The fourth-order valence-corrected chi connectivity index (χ4v) is 3.95. The lowest BCUT2D eigenvalue weighted by atomic mass is 9.81. The molecule has 20 heavy (non-hydrogen) atoms. The smallest absolute Gasteiger partial charge is 0.315 e. The zero-order chi connectivity index (χ0) is 13.9. The van der Waals surface area contributed by atoms with Crippen LogP contribution >= 0.6 is 0 Å². The largest absolute Gasteiger partial charge is 0.338 e. The van der Waals surface area contributed by atoms with E-state index in [1.165, 1.54) is 25.7 Å². The van der Waals surface area contributed by atoms with E-state index < -0.39 is 0 Å². The van der Waals surface area contributed by atoms with Crippen LogP contribution in [0, 0.1) is 23.7 Å². The highest BCUT2D eigenvalue weighted by Crippen LogP contribution is 2.51. The molecule has 4 nitrogen and oxygen atoms in total. The van der Waals surface area contributed by atoms with Crippen molar-refractivity contribution in [1.29, 1.82) is 0 Å². The van der Waals surface area contributed by atoms with Gasteiger partial charge in [-0.1, -0.05) is 19.3 Å². The molecule has 4 N–H and O–H groups in total. The summed E-state index contributed by atoms with van der Waals surface area (Å²) in [5.74, 6) is 3.34. The second-order valence-electron chi connectivity index (χ2n) is 7.16. The maximum absolute atomic E-state index is 11.9. The normalized spacial score (nSPS) is 37.0. The number of nitrogens with one attached hydrogen (secondary N) is 2. The Kier molecular flexibility index (Phi) is 4.49. The zero-order valence-corrected chi connectivity index (χ0v) is 12.4. The molecule has 0 spiro atoms. The fourth-order valence-electron chi connectivity index (χ4n) is 3.95. The number of hydrogen-bond acceptors (Lipinski definition) is 2. The highest BCUT2D eigenvalue weighted by Gasteiger charge is 2.44. The summed E-state index contributed by atoms with van der Waals surface area (Å²) in [4.78, 5) is 11.9. The molecule has 2 atom stereocenters. The molecule has 0 aromatic heterocycles. The molecule has 0 heterocycles. The lowest BCUT2D eigenvalue weighted by Crippen LogP contribution is -2.44. The standard InChI is InChI=1S/C16H29N3O/c17-9-11-4-6-14(7-5-11)19-16(20)18-10-13-8-15(13)12-2-1-3-12/h11-15H,1-10,17H2,(H2,18,19,20)/t11?,13-,14?,15-/m0/s1. The summed E-state index contributed by atoms with van der Waals surface area (Å²) in [6.07, 6.45) is 10.1. The molecule has 3 fully saturated rings. The number of amides is 2. The van der Waals surface area contributed by atoms with Crippen LogP contribution in [0.2, 0.25) is 0 Å². The topological polar surface area (TPSA) is 67.1 Å². The molecule has 0 saturated heterocycles. The SMILES string of the molecule is NCC1CCC(NC(=O)NC[C@@H]2C[C@H]2C2CCC2)CC1. The Labute approximate surface area is 122 Å². The van der Waals surface area contributed by atoms with Gasteiger partial charge in [0.1, 0.15) is 0 Å². The summed E-state index contributed by atoms with van der Waals surface area (Å²) in [7, 11) is 0. The minimum Gasteiger partial charge on any atom is -0.338 e. The molecule has 3 rings (SSSR count). The molecule has 114 valence electrons. The van der Waals surface area contributed by atoms with Gasteiger partial charge in [-0.3, -0.25) is 0 Å². The predicted octanol–water partition coefficient (Wildman–Crippen LogP) is 2.24. The van der Waals surface area contributed by atoms with Gasteiger partial charge >= 0.3 is 6.03 Å². The van der Waals surface area contributed by atoms with Gasteiger partial charge in [0.15, 0.2) is 0 Å². The second kappa shape index (κ2) is 6.33. The van der Waals surface area contributed by atoms with Gasteiger partial charge in [0.2, 0.25) is 0 Å². The third-order valence-corrected chi connectivity index (χ3v) is 5.77. The molecule has 0 unspecified atom stereocenters. The van der Waals surface area contributed by atoms with Crippen LogP contribution in [0.4, 0.5) is 4.79 Å². The van der Waals surface area contributed by atoms with E-state index in [1.54, 1.807) is 0 Å². The first-order valence-corrected chi connectivity index (χ1v) is 8.50. The lowest BCUT2D eigenvalue weighted by molar-refractivity contribution is 0.225. The number of rotatable bonds is 5. The quantitative estimate of drug-likeness (QED) is 0.722. The van der Waals surface area contributed by atoms with Crippen molar-refractivity contribution < 1.29 is 4.79 Å². The van der Waals surface area contributed by atoms with Gasteiger partial charge in [-0.25, -0.2) is 4.79 Å². The molecule has 4 heteroatoms. The Bertz CT molecular complexity index is 335. The number of carbonyl (C=O) groups is 1. The zero-order valence-electron chi connectivity index (χ0n) is 12.4. The summed E-state index contributed by atoms with van der Waals surface area (Å²) in [6.45, 7) is 1.67. The van der Waals surface area contributed by atoms with Crippen LogP contribution in [0.25, 0.3) is 0 Å². The Hall–Kier alpha value is -0.770. The summed E-state index contributed by atoms with van der Waals surface area (Å²) in [5, 5.41) is 6.20. The van der Waals surface area contributed by atoms with Crippen molar-refractivity contribution in [2.75, 3.05) is 13.1 Å². The molecular formula is C16H29N3O. The van der Waals surface area contributed by atoms with E-state index in [0.29, 0.717) is 12.0 Å². The molecular weight excluding hydrogens is 250 g/mol. The molecule has 3 saturated carbocycles. The number of nitrogens with two attached hydrogens (primary N) is 1. The van der Waals surface area contributed by atoms with E-state index in [1.807, 2.05) is 0 Å². The van der Waals surface area contributed by atoms with Gasteiger partial charge in [0.25, 0.3) is 0 Å². The Morgan fingerprint density at radius 1 is 1.10 bits per heavy atom. The second-order valence-corrected chi connectivity index (χ2v) is 7.16. The molecule has 0 aliphatic heterocycles. The summed E-state index contributed by atoms with van der Waals surface area (Å²) in [5.41, 5.74) is 5.69. The van der Waals surface area contributed by atoms with Crippen LogP contribution < -0.4 is 16.4 Å². The van der Waals surface area contributed by atoms with E-state index in [0.717, 1.165) is 56.5 Å². The predicted molar refractivity (Wildman–Crippen MR) is 80.3 cm³/mol. The van der Waals surface area contributed by atoms with E-state index in [-0.39, 0.29) is 6.03 Å². The van der Waals surface area contributed by atoms with Crippen molar-refractivity contribution >= 4 is 6.03 Å². The van der Waals surface area contributed by atoms with Crippen LogP contribution in [0.3, 0.4) is 0 Å². The average molecular weight is 279 g/mol. The maximum atomic E-state index is 11.9. The number of carbonyl (C=O) groups excluding carboxylic acids is 1. The van der Waals surface area contributed by atoms with Gasteiger partial charge in [-0.15, -0.1) is 0 Å². The molecule has 0 bridgehead atoms.